The number of nitrogens with zero attached hydrogens (tertiary/aromatic N) is 3. The molecule has 1 aromatic heterocycles. The predicted octanol–water partition coefficient (Wildman–Crippen LogP) is 4.17. The Morgan fingerprint density at radius 3 is 2.76 bits per heavy atom. The van der Waals surface area contributed by atoms with E-state index in [1.54, 1.807) is 12.1 Å². The van der Waals surface area contributed by atoms with Gasteiger partial charge in [-0.15, -0.1) is 0 Å². The van der Waals surface area contributed by atoms with Crippen molar-refractivity contribution in [2.45, 2.75) is 26.3 Å². The van der Waals surface area contributed by atoms with E-state index in [4.69, 9.17) is 11.6 Å². The molecule has 1 aromatic carbocycles. The van der Waals surface area contributed by atoms with Gasteiger partial charge in [0.1, 0.15) is 22.6 Å². The average molecular weight is 306 g/mol. The van der Waals surface area contributed by atoms with Gasteiger partial charge >= 0.3 is 0 Å². The van der Waals surface area contributed by atoms with Gasteiger partial charge in [-0.1, -0.05) is 36.7 Å². The molecular formula is C16H17ClFN3. The van der Waals surface area contributed by atoms with Gasteiger partial charge in [0.25, 0.3) is 0 Å². The predicted molar refractivity (Wildman–Crippen MR) is 82.0 cm³/mol. The van der Waals surface area contributed by atoms with Crippen molar-refractivity contribution in [3.63, 3.8) is 0 Å². The first-order valence-electron chi connectivity index (χ1n) is 7.07. The first-order chi connectivity index (χ1) is 10.0. The largest absolute Gasteiger partial charge is 0.349 e. The highest BCUT2D eigenvalue weighted by atomic mass is 35.5. The second kappa shape index (κ2) is 5.60. The van der Waals surface area contributed by atoms with Crippen LogP contribution in [0.2, 0.25) is 5.15 Å². The maximum Gasteiger partial charge on any atom is 0.134 e. The molecule has 0 N–H and O–H groups in total. The van der Waals surface area contributed by atoms with E-state index in [1.165, 1.54) is 6.07 Å². The highest BCUT2D eigenvalue weighted by Crippen LogP contribution is 2.39. The molecule has 1 saturated heterocycles. The quantitative estimate of drug-likeness (QED) is 0.780. The zero-order valence-corrected chi connectivity index (χ0v) is 12.8. The molecule has 0 amide bonds. The van der Waals surface area contributed by atoms with Crippen LogP contribution in [0.25, 0.3) is 0 Å². The molecular weight excluding hydrogens is 289 g/mol. The van der Waals surface area contributed by atoms with Gasteiger partial charge in [0.2, 0.25) is 0 Å². The number of anilines is 1. The second-order valence-corrected chi connectivity index (χ2v) is 6.01. The summed E-state index contributed by atoms with van der Waals surface area (Å²) >= 11 is 6.04. The number of aryl methyl sites for hydroxylation is 1. The first-order valence-corrected chi connectivity index (χ1v) is 7.44. The van der Waals surface area contributed by atoms with Crippen molar-refractivity contribution in [3.8, 4) is 0 Å². The number of aromatic nitrogens is 2. The van der Waals surface area contributed by atoms with Crippen molar-refractivity contribution in [2.24, 2.45) is 5.92 Å². The van der Waals surface area contributed by atoms with E-state index in [0.29, 0.717) is 22.5 Å². The summed E-state index contributed by atoms with van der Waals surface area (Å²) in [6, 6.07) is 8.69. The van der Waals surface area contributed by atoms with Gasteiger partial charge in [0.15, 0.2) is 0 Å². The molecule has 0 bridgehead atoms. The van der Waals surface area contributed by atoms with Crippen LogP contribution in [0, 0.1) is 18.7 Å². The lowest BCUT2D eigenvalue weighted by molar-refractivity contribution is 0.563. The molecule has 2 aromatic rings. The lowest BCUT2D eigenvalue weighted by Gasteiger charge is -2.26. The topological polar surface area (TPSA) is 29.0 Å². The SMILES string of the molecule is Cc1nc(Cl)cc(N2CC(C)CC2c2ccccc2F)n1. The molecule has 1 aliphatic heterocycles. The van der Waals surface area contributed by atoms with Crippen molar-refractivity contribution in [3.05, 3.63) is 52.7 Å². The van der Waals surface area contributed by atoms with Crippen LogP contribution < -0.4 is 4.90 Å². The van der Waals surface area contributed by atoms with E-state index >= 15 is 0 Å². The molecule has 3 nitrogen and oxygen atoms in total. The molecule has 0 aliphatic carbocycles. The fraction of sp³-hybridized carbons (Fsp3) is 0.375. The molecule has 1 fully saturated rings. The third-order valence-corrected chi connectivity index (χ3v) is 4.06. The Morgan fingerprint density at radius 2 is 2.05 bits per heavy atom. The Balaban J connectivity index is 2.02. The fourth-order valence-electron chi connectivity index (χ4n) is 3.00. The van der Waals surface area contributed by atoms with Crippen LogP contribution in [0.15, 0.2) is 30.3 Å². The Hall–Kier alpha value is -1.68. The minimum atomic E-state index is -0.168. The monoisotopic (exact) mass is 305 g/mol. The van der Waals surface area contributed by atoms with E-state index < -0.39 is 0 Å². The van der Waals surface area contributed by atoms with Crippen molar-refractivity contribution < 1.29 is 4.39 Å². The van der Waals surface area contributed by atoms with Gasteiger partial charge in [-0.3, -0.25) is 0 Å². The van der Waals surface area contributed by atoms with Gasteiger partial charge in [-0.25, -0.2) is 14.4 Å². The second-order valence-electron chi connectivity index (χ2n) is 5.63. The molecule has 0 saturated carbocycles. The molecule has 110 valence electrons. The summed E-state index contributed by atoms with van der Waals surface area (Å²) in [5, 5.41) is 0.421. The van der Waals surface area contributed by atoms with Gasteiger partial charge < -0.3 is 4.90 Å². The third-order valence-electron chi connectivity index (χ3n) is 3.86. The van der Waals surface area contributed by atoms with Crippen molar-refractivity contribution >= 4 is 17.4 Å². The van der Waals surface area contributed by atoms with Gasteiger partial charge in [0, 0.05) is 18.2 Å². The van der Waals surface area contributed by atoms with Gasteiger partial charge in [-0.05, 0) is 25.3 Å². The summed E-state index contributed by atoms with van der Waals surface area (Å²) in [4.78, 5) is 10.7. The summed E-state index contributed by atoms with van der Waals surface area (Å²) in [7, 11) is 0. The van der Waals surface area contributed by atoms with Gasteiger partial charge in [-0.2, -0.15) is 0 Å². The Morgan fingerprint density at radius 1 is 1.29 bits per heavy atom. The van der Waals surface area contributed by atoms with E-state index in [-0.39, 0.29) is 11.9 Å². The van der Waals surface area contributed by atoms with Crippen molar-refractivity contribution in [1.29, 1.82) is 0 Å². The highest BCUT2D eigenvalue weighted by molar-refractivity contribution is 6.29. The van der Waals surface area contributed by atoms with Crippen LogP contribution in [0.5, 0.6) is 0 Å². The van der Waals surface area contributed by atoms with Crippen LogP contribution in [0.4, 0.5) is 10.2 Å². The fourth-order valence-corrected chi connectivity index (χ4v) is 3.22. The summed E-state index contributed by atoms with van der Waals surface area (Å²) < 4.78 is 14.1. The molecule has 0 radical (unpaired) electrons. The van der Waals surface area contributed by atoms with E-state index in [0.717, 1.165) is 18.8 Å². The molecule has 5 heteroatoms. The number of halogens is 2. The number of hydrogen-bond donors (Lipinski definition) is 0. The zero-order valence-electron chi connectivity index (χ0n) is 12.1. The molecule has 2 atom stereocenters. The van der Waals surface area contributed by atoms with Gasteiger partial charge in [0.05, 0.1) is 6.04 Å². The third kappa shape index (κ3) is 2.86. The highest BCUT2D eigenvalue weighted by Gasteiger charge is 2.33. The number of rotatable bonds is 2. The Kier molecular flexibility index (Phi) is 3.81. The molecule has 3 rings (SSSR count). The summed E-state index contributed by atoms with van der Waals surface area (Å²) in [5.74, 6) is 1.71. The first kappa shape index (κ1) is 14.3. The lowest BCUT2D eigenvalue weighted by atomic mass is 10.0. The number of hydrogen-bond acceptors (Lipinski definition) is 3. The lowest BCUT2D eigenvalue weighted by Crippen LogP contribution is -2.25. The van der Waals surface area contributed by atoms with E-state index in [9.17, 15) is 4.39 Å². The van der Waals surface area contributed by atoms with Crippen LogP contribution in [0.1, 0.15) is 30.8 Å². The van der Waals surface area contributed by atoms with E-state index in [2.05, 4.69) is 21.8 Å². The molecule has 1 aliphatic rings. The molecule has 0 spiro atoms. The Labute approximate surface area is 128 Å². The van der Waals surface area contributed by atoms with Crippen LogP contribution in [-0.4, -0.2) is 16.5 Å². The maximum absolute atomic E-state index is 14.1. The normalized spacial score (nSPS) is 21.8. The van der Waals surface area contributed by atoms with E-state index in [1.807, 2.05) is 19.1 Å². The van der Waals surface area contributed by atoms with Crippen LogP contribution >= 0.6 is 11.6 Å². The molecule has 21 heavy (non-hydrogen) atoms. The molecule has 2 heterocycles. The number of benzene rings is 1. The minimum absolute atomic E-state index is 0.00781. The van der Waals surface area contributed by atoms with Crippen molar-refractivity contribution in [2.75, 3.05) is 11.4 Å². The smallest absolute Gasteiger partial charge is 0.134 e. The average Bonchev–Trinajstić information content (AvgIpc) is 2.80. The van der Waals surface area contributed by atoms with Crippen LogP contribution in [-0.2, 0) is 0 Å². The van der Waals surface area contributed by atoms with Crippen LogP contribution in [0.3, 0.4) is 0 Å². The Bertz CT molecular complexity index is 641. The summed E-state index contributed by atoms with van der Waals surface area (Å²) in [6.07, 6.45) is 0.904. The summed E-state index contributed by atoms with van der Waals surface area (Å²) in [6.45, 7) is 4.82. The molecule has 2 unspecified atom stereocenters. The zero-order chi connectivity index (χ0) is 15.0. The van der Waals surface area contributed by atoms with Crippen molar-refractivity contribution in [1.82, 2.24) is 9.97 Å². The maximum atomic E-state index is 14.1. The minimum Gasteiger partial charge on any atom is -0.349 e. The standard InChI is InChI=1S/C16H17ClFN3/c1-10-7-14(12-5-3-4-6-13(12)18)21(9-10)16-8-15(17)19-11(2)20-16/h3-6,8,10,14H,7,9H2,1-2H3. The summed E-state index contributed by atoms with van der Waals surface area (Å²) in [5.41, 5.74) is 0.717.